The lowest BCUT2D eigenvalue weighted by molar-refractivity contribution is -0.145. The smallest absolute Gasteiger partial charge is 0.326 e. The molecule has 1 amide bonds. The zero-order valence-electron chi connectivity index (χ0n) is 15.5. The van der Waals surface area contributed by atoms with E-state index in [-0.39, 0.29) is 11.8 Å². The Morgan fingerprint density at radius 2 is 1.80 bits per heavy atom. The Morgan fingerprint density at radius 1 is 1.20 bits per heavy atom. The summed E-state index contributed by atoms with van der Waals surface area (Å²) in [5.74, 6) is -0.853. The van der Waals surface area contributed by atoms with Crippen molar-refractivity contribution in [3.8, 4) is 0 Å². The Kier molecular flexibility index (Phi) is 6.59. The number of nitrogens with one attached hydrogen (secondary N) is 1. The molecule has 1 aliphatic rings. The molecular formula is C20H30N2O3. The fourth-order valence-electron chi connectivity index (χ4n) is 3.30. The Morgan fingerprint density at radius 3 is 2.32 bits per heavy atom. The second-order valence-corrected chi connectivity index (χ2v) is 7.82. The summed E-state index contributed by atoms with van der Waals surface area (Å²) >= 11 is 0. The highest BCUT2D eigenvalue weighted by Crippen LogP contribution is 2.32. The summed E-state index contributed by atoms with van der Waals surface area (Å²) in [6.07, 6.45) is 1.96. The average molecular weight is 346 g/mol. The van der Waals surface area contributed by atoms with Crippen LogP contribution in [0.5, 0.6) is 0 Å². The van der Waals surface area contributed by atoms with E-state index >= 15 is 0 Å². The third-order valence-corrected chi connectivity index (χ3v) is 5.07. The summed E-state index contributed by atoms with van der Waals surface area (Å²) in [6, 6.07) is 9.52. The number of hydrogen-bond acceptors (Lipinski definition) is 3. The largest absolute Gasteiger partial charge is 0.480 e. The van der Waals surface area contributed by atoms with E-state index in [1.54, 1.807) is 0 Å². The van der Waals surface area contributed by atoms with Gasteiger partial charge in [-0.3, -0.25) is 9.69 Å². The van der Waals surface area contributed by atoms with Crippen molar-refractivity contribution in [2.75, 3.05) is 13.1 Å². The molecule has 1 aromatic rings. The Balaban J connectivity index is 1.89. The maximum absolute atomic E-state index is 12.7. The van der Waals surface area contributed by atoms with Gasteiger partial charge in [0.2, 0.25) is 5.91 Å². The van der Waals surface area contributed by atoms with Crippen molar-refractivity contribution in [2.45, 2.75) is 52.6 Å². The second-order valence-electron chi connectivity index (χ2n) is 7.82. The van der Waals surface area contributed by atoms with Crippen molar-refractivity contribution in [1.82, 2.24) is 10.2 Å². The number of hydrogen-bond donors (Lipinski definition) is 2. The quantitative estimate of drug-likeness (QED) is 0.796. The summed E-state index contributed by atoms with van der Waals surface area (Å²) in [5.41, 5.74) is 0.788. The molecule has 5 heteroatoms. The van der Waals surface area contributed by atoms with Crippen LogP contribution in [0.15, 0.2) is 30.3 Å². The van der Waals surface area contributed by atoms with E-state index in [1.807, 2.05) is 39.0 Å². The van der Waals surface area contributed by atoms with Crippen LogP contribution in [0, 0.1) is 11.3 Å². The third kappa shape index (κ3) is 5.56. The molecule has 0 saturated carbocycles. The van der Waals surface area contributed by atoms with Crippen LogP contribution in [0.2, 0.25) is 0 Å². The topological polar surface area (TPSA) is 69.6 Å². The van der Waals surface area contributed by atoms with Crippen LogP contribution in [-0.4, -0.2) is 41.0 Å². The zero-order chi connectivity index (χ0) is 18.4. The highest BCUT2D eigenvalue weighted by molar-refractivity contribution is 5.87. The predicted molar refractivity (Wildman–Crippen MR) is 98.1 cm³/mol. The van der Waals surface area contributed by atoms with Crippen LogP contribution >= 0.6 is 0 Å². The molecule has 5 nitrogen and oxygen atoms in total. The molecule has 0 radical (unpaired) electrons. The van der Waals surface area contributed by atoms with Crippen LogP contribution in [0.25, 0.3) is 0 Å². The summed E-state index contributed by atoms with van der Waals surface area (Å²) in [4.78, 5) is 26.4. The number of carbonyl (C=O) groups is 2. The molecule has 1 saturated heterocycles. The number of amides is 1. The van der Waals surface area contributed by atoms with E-state index in [0.29, 0.717) is 6.42 Å². The molecule has 1 aromatic carbocycles. The lowest BCUT2D eigenvalue weighted by Gasteiger charge is -2.38. The normalized spacial score (nSPS) is 18.7. The van der Waals surface area contributed by atoms with Gasteiger partial charge in [-0.05, 0) is 43.8 Å². The summed E-state index contributed by atoms with van der Waals surface area (Å²) < 4.78 is 0. The summed E-state index contributed by atoms with van der Waals surface area (Å²) in [6.45, 7) is 8.47. The van der Waals surface area contributed by atoms with Gasteiger partial charge in [0.15, 0.2) is 0 Å². The molecule has 0 bridgehead atoms. The first kappa shape index (κ1) is 19.4. The van der Waals surface area contributed by atoms with Gasteiger partial charge in [-0.2, -0.15) is 0 Å². The number of piperidine rings is 1. The number of benzene rings is 1. The van der Waals surface area contributed by atoms with Crippen molar-refractivity contribution in [3.63, 3.8) is 0 Å². The van der Waals surface area contributed by atoms with Gasteiger partial charge >= 0.3 is 5.97 Å². The van der Waals surface area contributed by atoms with Crippen molar-refractivity contribution in [2.24, 2.45) is 11.3 Å². The first-order chi connectivity index (χ1) is 11.8. The van der Waals surface area contributed by atoms with Crippen LogP contribution in [0.1, 0.15) is 45.6 Å². The molecule has 0 aliphatic carbocycles. The third-order valence-electron chi connectivity index (χ3n) is 5.07. The van der Waals surface area contributed by atoms with Crippen LogP contribution < -0.4 is 5.32 Å². The van der Waals surface area contributed by atoms with E-state index in [2.05, 4.69) is 22.3 Å². The fraction of sp³-hybridized carbons (Fsp3) is 0.600. The van der Waals surface area contributed by atoms with Gasteiger partial charge in [-0.1, -0.05) is 51.1 Å². The van der Waals surface area contributed by atoms with Gasteiger partial charge in [-0.15, -0.1) is 0 Å². The first-order valence-corrected chi connectivity index (χ1v) is 9.10. The van der Waals surface area contributed by atoms with E-state index in [1.165, 1.54) is 5.56 Å². The summed E-state index contributed by atoms with van der Waals surface area (Å²) in [5, 5.41) is 12.1. The molecule has 1 fully saturated rings. The van der Waals surface area contributed by atoms with Gasteiger partial charge in [0.05, 0.1) is 0 Å². The Labute approximate surface area is 150 Å². The van der Waals surface area contributed by atoms with Crippen LogP contribution in [0.4, 0.5) is 0 Å². The summed E-state index contributed by atoms with van der Waals surface area (Å²) in [7, 11) is 0. The standard InChI is InChI=1S/C20H30N2O3/c1-15(2)13-17(18(23)24)21-19(25)20(3)9-11-22(12-10-20)14-16-7-5-4-6-8-16/h4-8,15,17H,9-14H2,1-3H3,(H,21,25)(H,23,24)/t17-/m1/s1. The molecule has 1 heterocycles. The minimum absolute atomic E-state index is 0.125. The number of nitrogens with zero attached hydrogens (tertiary/aromatic N) is 1. The minimum atomic E-state index is -0.952. The number of aliphatic carboxylic acids is 1. The van der Waals surface area contributed by atoms with E-state index in [4.69, 9.17) is 0 Å². The van der Waals surface area contributed by atoms with Crippen molar-refractivity contribution < 1.29 is 14.7 Å². The number of carboxylic acids is 1. The fourth-order valence-corrected chi connectivity index (χ4v) is 3.30. The molecule has 1 atom stereocenters. The van der Waals surface area contributed by atoms with Crippen molar-refractivity contribution in [3.05, 3.63) is 35.9 Å². The lowest BCUT2D eigenvalue weighted by Crippen LogP contribution is -2.51. The number of likely N-dealkylation sites (tertiary alicyclic amines) is 1. The molecule has 25 heavy (non-hydrogen) atoms. The molecule has 0 spiro atoms. The second kappa shape index (κ2) is 8.48. The van der Waals surface area contributed by atoms with E-state index < -0.39 is 17.4 Å². The highest BCUT2D eigenvalue weighted by atomic mass is 16.4. The molecule has 2 rings (SSSR count). The molecule has 0 unspecified atom stereocenters. The van der Waals surface area contributed by atoms with Gasteiger partial charge in [0.25, 0.3) is 0 Å². The lowest BCUT2D eigenvalue weighted by atomic mass is 9.79. The SMILES string of the molecule is CC(C)C[C@@H](NC(=O)C1(C)CCN(Cc2ccccc2)CC1)C(=O)O. The van der Waals surface area contributed by atoms with E-state index in [0.717, 1.165) is 32.5 Å². The molecular weight excluding hydrogens is 316 g/mol. The maximum atomic E-state index is 12.7. The molecule has 138 valence electrons. The van der Waals surface area contributed by atoms with Crippen molar-refractivity contribution in [1.29, 1.82) is 0 Å². The van der Waals surface area contributed by atoms with Crippen molar-refractivity contribution >= 4 is 11.9 Å². The zero-order valence-corrected chi connectivity index (χ0v) is 15.5. The van der Waals surface area contributed by atoms with Gasteiger partial charge in [0.1, 0.15) is 6.04 Å². The Bertz CT molecular complexity index is 578. The number of rotatable bonds is 7. The average Bonchev–Trinajstić information content (AvgIpc) is 2.57. The molecule has 1 aliphatic heterocycles. The van der Waals surface area contributed by atoms with Gasteiger partial charge in [0, 0.05) is 12.0 Å². The highest BCUT2D eigenvalue weighted by Gasteiger charge is 2.38. The van der Waals surface area contributed by atoms with Crippen LogP contribution in [0.3, 0.4) is 0 Å². The number of carboxylic acid groups (broad SMARTS) is 1. The molecule has 2 N–H and O–H groups in total. The van der Waals surface area contributed by atoms with E-state index in [9.17, 15) is 14.7 Å². The van der Waals surface area contributed by atoms with Crippen LogP contribution in [-0.2, 0) is 16.1 Å². The monoisotopic (exact) mass is 346 g/mol. The molecule has 0 aromatic heterocycles. The van der Waals surface area contributed by atoms with Gasteiger partial charge < -0.3 is 10.4 Å². The van der Waals surface area contributed by atoms with Gasteiger partial charge in [-0.25, -0.2) is 4.79 Å². The Hall–Kier alpha value is -1.88. The minimum Gasteiger partial charge on any atom is -0.480 e. The maximum Gasteiger partial charge on any atom is 0.326 e. The predicted octanol–water partition coefficient (Wildman–Crippen LogP) is 2.90. The first-order valence-electron chi connectivity index (χ1n) is 9.10. The number of carbonyl (C=O) groups excluding carboxylic acids is 1.